The van der Waals surface area contributed by atoms with Crippen molar-refractivity contribution in [3.63, 3.8) is 0 Å². The molecule has 0 amide bonds. The summed E-state index contributed by atoms with van der Waals surface area (Å²) < 4.78 is 6.18. The second-order valence-corrected chi connectivity index (χ2v) is 17.2. The Labute approximate surface area is 243 Å². The molecule has 0 saturated heterocycles. The summed E-state index contributed by atoms with van der Waals surface area (Å²) in [5.41, 5.74) is 0. The van der Waals surface area contributed by atoms with Gasteiger partial charge in [0.25, 0.3) is 0 Å². The SMILES string of the molecule is CCCCCCCCCCC1=C(I)SC(=C2SC(I)=C(CCCCCCCCCC)S2)S1. The zero-order valence-corrected chi connectivity index (χ0v) is 27.7. The van der Waals surface area contributed by atoms with Gasteiger partial charge in [0, 0.05) is 9.81 Å². The summed E-state index contributed by atoms with van der Waals surface area (Å²) in [5.74, 6) is 0. The van der Waals surface area contributed by atoms with Crippen LogP contribution < -0.4 is 0 Å². The fourth-order valence-corrected chi connectivity index (χ4v) is 12.5. The normalized spacial score (nSPS) is 19.1. The Morgan fingerprint density at radius 2 is 0.750 bits per heavy atom. The summed E-state index contributed by atoms with van der Waals surface area (Å²) in [5, 5.41) is 0. The maximum Gasteiger partial charge on any atom is 0.0708 e. The van der Waals surface area contributed by atoms with E-state index in [4.69, 9.17) is 0 Å². The summed E-state index contributed by atoms with van der Waals surface area (Å²) in [6.07, 6.45) is 25.1. The first-order valence-corrected chi connectivity index (χ1v) is 18.3. The monoisotopic (exact) mass is 736 g/mol. The van der Waals surface area contributed by atoms with Gasteiger partial charge in [-0.2, -0.15) is 0 Å². The van der Waals surface area contributed by atoms with Crippen LogP contribution in [0.2, 0.25) is 0 Å². The van der Waals surface area contributed by atoms with Crippen LogP contribution in [0, 0.1) is 0 Å². The van der Waals surface area contributed by atoms with E-state index in [1.807, 2.05) is 23.5 Å². The van der Waals surface area contributed by atoms with Crippen molar-refractivity contribution in [2.75, 3.05) is 0 Å². The number of hydrogen-bond acceptors (Lipinski definition) is 4. The molecule has 2 rings (SSSR count). The molecule has 0 N–H and O–H groups in total. The van der Waals surface area contributed by atoms with Crippen LogP contribution in [0.3, 0.4) is 0 Å². The van der Waals surface area contributed by atoms with Crippen molar-refractivity contribution in [3.05, 3.63) is 24.1 Å². The van der Waals surface area contributed by atoms with E-state index in [2.05, 4.69) is 82.6 Å². The van der Waals surface area contributed by atoms with E-state index in [1.54, 1.807) is 18.3 Å². The fraction of sp³-hybridized carbons (Fsp3) is 0.769. The molecular weight excluding hydrogens is 694 g/mol. The van der Waals surface area contributed by atoms with Gasteiger partial charge < -0.3 is 0 Å². The molecule has 0 atom stereocenters. The third-order valence-corrected chi connectivity index (χ3v) is 14.8. The van der Waals surface area contributed by atoms with Crippen LogP contribution in [0.4, 0.5) is 0 Å². The van der Waals surface area contributed by atoms with E-state index >= 15 is 0 Å². The van der Waals surface area contributed by atoms with Crippen molar-refractivity contribution in [1.29, 1.82) is 0 Å². The molecular formula is C26H42I2S4. The molecule has 0 fully saturated rings. The minimum Gasteiger partial charge on any atom is -0.0837 e. The second-order valence-electron chi connectivity index (χ2n) is 8.83. The zero-order chi connectivity index (χ0) is 23.0. The Kier molecular flexibility index (Phi) is 18.2. The first kappa shape index (κ1) is 30.3. The van der Waals surface area contributed by atoms with Gasteiger partial charge >= 0.3 is 0 Å². The number of thioether (sulfide) groups is 4. The van der Waals surface area contributed by atoms with Gasteiger partial charge in [-0.3, -0.25) is 0 Å². The summed E-state index contributed by atoms with van der Waals surface area (Å²) in [4.78, 5) is 3.27. The molecule has 0 spiro atoms. The molecule has 2 aliphatic heterocycles. The minimum atomic E-state index is 1.28. The van der Waals surface area contributed by atoms with Gasteiger partial charge in [0.15, 0.2) is 0 Å². The number of allylic oxidation sites excluding steroid dienone is 2. The molecule has 0 aromatic rings. The number of rotatable bonds is 18. The first-order valence-electron chi connectivity index (χ1n) is 12.9. The van der Waals surface area contributed by atoms with E-state index in [1.165, 1.54) is 121 Å². The van der Waals surface area contributed by atoms with E-state index in [9.17, 15) is 0 Å². The third kappa shape index (κ3) is 12.4. The van der Waals surface area contributed by atoms with Crippen LogP contribution in [-0.2, 0) is 0 Å². The van der Waals surface area contributed by atoms with Gasteiger partial charge in [0.05, 0.1) is 14.3 Å². The summed E-state index contributed by atoms with van der Waals surface area (Å²) in [6.45, 7) is 4.60. The summed E-state index contributed by atoms with van der Waals surface area (Å²) in [7, 11) is 0. The smallest absolute Gasteiger partial charge is 0.0708 e. The van der Waals surface area contributed by atoms with Crippen LogP contribution >= 0.6 is 92.2 Å². The molecule has 2 heterocycles. The topological polar surface area (TPSA) is 0 Å². The highest BCUT2D eigenvalue weighted by Gasteiger charge is 2.27. The minimum absolute atomic E-state index is 1.28. The highest BCUT2D eigenvalue weighted by atomic mass is 127. The highest BCUT2D eigenvalue weighted by molar-refractivity contribution is 14.1. The van der Waals surface area contributed by atoms with Gasteiger partial charge in [-0.25, -0.2) is 0 Å². The van der Waals surface area contributed by atoms with Gasteiger partial charge in [0.1, 0.15) is 0 Å². The highest BCUT2D eigenvalue weighted by Crippen LogP contribution is 2.63. The third-order valence-electron chi connectivity index (χ3n) is 5.92. The van der Waals surface area contributed by atoms with Crippen LogP contribution in [0.15, 0.2) is 24.1 Å². The van der Waals surface area contributed by atoms with Gasteiger partial charge in [0.2, 0.25) is 0 Å². The maximum atomic E-state index is 2.59. The molecule has 6 heteroatoms. The fourth-order valence-electron chi connectivity index (χ4n) is 3.93. The summed E-state index contributed by atoms with van der Waals surface area (Å²) >= 11 is 13.4. The predicted octanol–water partition coefficient (Wildman–Crippen LogP) is 13.3. The number of unbranched alkanes of at least 4 members (excludes halogenated alkanes) is 14. The Morgan fingerprint density at radius 3 is 1.09 bits per heavy atom. The van der Waals surface area contributed by atoms with Crippen molar-refractivity contribution < 1.29 is 0 Å². The standard InChI is InChI=1S/C26H42I2S4/c1-3-5-7-9-11-13-15-17-19-21-23(27)31-25(29-21)26-30-22(24(28)32-26)20-18-16-14-12-10-8-6-4-2/h3-20H2,1-2H3. The largest absolute Gasteiger partial charge is 0.0837 e. The number of halogens is 2. The molecule has 0 radical (unpaired) electrons. The Balaban J connectivity index is 1.61. The van der Waals surface area contributed by atoms with E-state index in [0.29, 0.717) is 0 Å². The van der Waals surface area contributed by atoms with E-state index in [-0.39, 0.29) is 0 Å². The zero-order valence-electron chi connectivity index (χ0n) is 20.1. The van der Waals surface area contributed by atoms with Gasteiger partial charge in [-0.1, -0.05) is 151 Å². The molecule has 0 bridgehead atoms. The molecule has 184 valence electrons. The lowest BCUT2D eigenvalue weighted by Gasteiger charge is -2.05. The van der Waals surface area contributed by atoms with Crippen LogP contribution in [0.5, 0.6) is 0 Å². The number of hydrogen-bond donors (Lipinski definition) is 0. The Morgan fingerprint density at radius 1 is 0.438 bits per heavy atom. The average Bonchev–Trinajstić information content (AvgIpc) is 3.34. The average molecular weight is 737 g/mol. The Bertz CT molecular complexity index is 586. The quantitative estimate of drug-likeness (QED) is 0.101. The molecule has 2 aliphatic rings. The molecule has 32 heavy (non-hydrogen) atoms. The van der Waals surface area contributed by atoms with Crippen molar-refractivity contribution in [2.45, 2.75) is 129 Å². The van der Waals surface area contributed by atoms with Crippen LogP contribution in [0.25, 0.3) is 0 Å². The second kappa shape index (κ2) is 19.2. The summed E-state index contributed by atoms with van der Waals surface area (Å²) in [6, 6.07) is 0. The molecule has 0 aromatic heterocycles. The lowest BCUT2D eigenvalue weighted by Crippen LogP contribution is -1.82. The van der Waals surface area contributed by atoms with Crippen molar-refractivity contribution >= 4 is 92.2 Å². The van der Waals surface area contributed by atoms with Crippen molar-refractivity contribution in [2.24, 2.45) is 0 Å². The molecule has 0 unspecified atom stereocenters. The van der Waals surface area contributed by atoms with Crippen LogP contribution in [0.1, 0.15) is 129 Å². The first-order chi connectivity index (χ1) is 15.7. The van der Waals surface area contributed by atoms with E-state index < -0.39 is 0 Å². The van der Waals surface area contributed by atoms with Crippen LogP contribution in [-0.4, -0.2) is 0 Å². The van der Waals surface area contributed by atoms with E-state index in [0.717, 1.165) is 0 Å². The molecule has 0 aliphatic carbocycles. The molecule has 0 aromatic carbocycles. The van der Waals surface area contributed by atoms with Gasteiger partial charge in [-0.05, 0) is 70.9 Å². The van der Waals surface area contributed by atoms with Gasteiger partial charge in [-0.15, -0.1) is 0 Å². The van der Waals surface area contributed by atoms with Crippen molar-refractivity contribution in [3.8, 4) is 0 Å². The predicted molar refractivity (Wildman–Crippen MR) is 174 cm³/mol. The van der Waals surface area contributed by atoms with Crippen molar-refractivity contribution in [1.82, 2.24) is 0 Å². The lowest BCUT2D eigenvalue weighted by atomic mass is 10.1. The molecule has 0 nitrogen and oxygen atoms in total. The maximum absolute atomic E-state index is 2.59. The lowest BCUT2D eigenvalue weighted by molar-refractivity contribution is 0.577. The molecule has 0 saturated carbocycles. The Hall–Kier alpha value is 2.08.